The third-order valence-corrected chi connectivity index (χ3v) is 18.2. The molecule has 32 heavy (non-hydrogen) atoms. The van der Waals surface area contributed by atoms with Gasteiger partial charge in [0.25, 0.3) is 0 Å². The fraction of sp³-hybridized carbons (Fsp3) is 0.700. The van der Waals surface area contributed by atoms with Gasteiger partial charge in [-0.3, -0.25) is 0 Å². The summed E-state index contributed by atoms with van der Waals surface area (Å²) in [4.78, 5) is 0. The van der Waals surface area contributed by atoms with Gasteiger partial charge in [0.2, 0.25) is 0 Å². The normalized spacial score (nSPS) is 17.7. The van der Waals surface area contributed by atoms with Gasteiger partial charge < -0.3 is 34.5 Å². The molecule has 0 N–H and O–H groups in total. The van der Waals surface area contributed by atoms with E-state index in [1.54, 1.807) is 17.1 Å². The predicted molar refractivity (Wildman–Crippen MR) is 136 cm³/mol. The van der Waals surface area contributed by atoms with E-state index < -0.39 is 35.0 Å². The van der Waals surface area contributed by atoms with Crippen LogP contribution in [0.4, 0.5) is 0 Å². The molecule has 0 radical (unpaired) electrons. The van der Waals surface area contributed by atoms with Gasteiger partial charge in [-0.05, 0) is 52.6 Å². The Morgan fingerprint density at radius 1 is 0.562 bits per heavy atom. The van der Waals surface area contributed by atoms with Crippen LogP contribution in [0, 0.1) is 0 Å². The zero-order valence-electron chi connectivity index (χ0n) is 21.1. The van der Waals surface area contributed by atoms with Gasteiger partial charge in [0, 0.05) is 39.1 Å². The largest absolute Gasteiger partial charge is 0.521 e. The molecule has 0 spiro atoms. The van der Waals surface area contributed by atoms with E-state index in [0.717, 1.165) is 6.42 Å². The van der Waals surface area contributed by atoms with Gasteiger partial charge in [-0.15, -0.1) is 6.58 Å². The molecule has 188 valence electrons. The minimum atomic E-state index is -3.51. The lowest BCUT2D eigenvalue weighted by atomic mass is 10.6. The maximum atomic E-state index is 6.69. The van der Waals surface area contributed by atoms with Gasteiger partial charge in [-0.25, -0.2) is 0 Å². The molecule has 0 aromatic carbocycles. The van der Waals surface area contributed by atoms with Crippen molar-refractivity contribution >= 4 is 35.0 Å². The average Bonchev–Trinajstić information content (AvgIpc) is 2.74. The summed E-state index contributed by atoms with van der Waals surface area (Å²) in [5.74, 6) is 0. The standard InChI is InChI=1S/C20H44O8Si4/c1-11-20-32(25-16-6,27-30(18-8,22-13-3)23-14-4)28-31(19-9,24-15-5)26-29(10,17-7)21-12-2/h17-19H,7-9,11-16,20H2,1-6,10H3. The summed E-state index contributed by atoms with van der Waals surface area (Å²) in [5, 5.41) is 0. The Morgan fingerprint density at radius 2 is 1.00 bits per heavy atom. The Morgan fingerprint density at radius 3 is 1.38 bits per heavy atom. The van der Waals surface area contributed by atoms with Crippen LogP contribution in [0.3, 0.4) is 0 Å². The molecule has 0 aliphatic heterocycles. The van der Waals surface area contributed by atoms with Crippen LogP contribution in [0.1, 0.15) is 48.0 Å². The SMILES string of the molecule is C=C[Si](C)(OCC)O[Si](C=C)(OCC)O[Si](CCC)(OCC)O[Si](C=C)(OCC)OCC. The highest BCUT2D eigenvalue weighted by Crippen LogP contribution is 2.31. The Bertz CT molecular complexity index is 556. The quantitative estimate of drug-likeness (QED) is 0.200. The first-order valence-corrected chi connectivity index (χ1v) is 19.3. The van der Waals surface area contributed by atoms with Gasteiger partial charge in [-0.2, -0.15) is 0 Å². The summed E-state index contributed by atoms with van der Waals surface area (Å²) in [7, 11) is -13.1. The first-order chi connectivity index (χ1) is 15.2. The zero-order valence-corrected chi connectivity index (χ0v) is 25.1. The molecule has 0 heterocycles. The van der Waals surface area contributed by atoms with Crippen LogP contribution in [0.15, 0.2) is 36.8 Å². The molecule has 0 aliphatic carbocycles. The summed E-state index contributed by atoms with van der Waals surface area (Å²) in [5.41, 5.74) is 4.92. The fourth-order valence-electron chi connectivity index (χ4n) is 3.00. The van der Waals surface area contributed by atoms with Crippen LogP contribution in [0.5, 0.6) is 0 Å². The van der Waals surface area contributed by atoms with Crippen molar-refractivity contribution in [3.05, 3.63) is 36.8 Å². The molecule has 0 saturated heterocycles. The van der Waals surface area contributed by atoms with E-state index in [-0.39, 0.29) is 0 Å². The van der Waals surface area contributed by atoms with Crippen LogP contribution >= 0.6 is 0 Å². The Labute approximate surface area is 199 Å². The van der Waals surface area contributed by atoms with Gasteiger partial charge in [0.05, 0.1) is 0 Å². The van der Waals surface area contributed by atoms with Crippen LogP contribution < -0.4 is 0 Å². The van der Waals surface area contributed by atoms with Crippen LogP contribution in [-0.2, 0) is 34.5 Å². The lowest BCUT2D eigenvalue weighted by Crippen LogP contribution is -2.65. The summed E-state index contributed by atoms with van der Waals surface area (Å²) < 4.78 is 49.9. The Balaban J connectivity index is 6.47. The van der Waals surface area contributed by atoms with E-state index >= 15 is 0 Å². The van der Waals surface area contributed by atoms with Crippen molar-refractivity contribution < 1.29 is 34.5 Å². The third kappa shape index (κ3) is 9.56. The Kier molecular flexibility index (Phi) is 15.5. The molecule has 0 saturated carbocycles. The molecular formula is C20H44O8Si4. The van der Waals surface area contributed by atoms with Crippen molar-refractivity contribution in [3.63, 3.8) is 0 Å². The molecule has 8 nitrogen and oxygen atoms in total. The monoisotopic (exact) mass is 524 g/mol. The highest BCUT2D eigenvalue weighted by atomic mass is 28.5. The predicted octanol–water partition coefficient (Wildman–Crippen LogP) is 4.69. The maximum absolute atomic E-state index is 6.69. The molecular weight excluding hydrogens is 481 g/mol. The average molecular weight is 525 g/mol. The number of hydrogen-bond acceptors (Lipinski definition) is 8. The smallest absolute Gasteiger partial charge is 0.392 e. The van der Waals surface area contributed by atoms with E-state index in [2.05, 4.69) is 19.7 Å². The molecule has 0 aliphatic rings. The van der Waals surface area contributed by atoms with Crippen molar-refractivity contribution in [2.45, 2.75) is 60.6 Å². The maximum Gasteiger partial charge on any atom is 0.521 e. The van der Waals surface area contributed by atoms with Crippen molar-refractivity contribution in [1.29, 1.82) is 0 Å². The first-order valence-electron chi connectivity index (χ1n) is 11.4. The highest BCUT2D eigenvalue weighted by molar-refractivity contribution is 6.88. The van der Waals surface area contributed by atoms with Gasteiger partial charge >= 0.3 is 35.0 Å². The summed E-state index contributed by atoms with van der Waals surface area (Å²) in [6.45, 7) is 27.2. The summed E-state index contributed by atoms with van der Waals surface area (Å²) in [6, 6.07) is 0.517. The summed E-state index contributed by atoms with van der Waals surface area (Å²) in [6.07, 6.45) is 0.751. The van der Waals surface area contributed by atoms with E-state index in [1.165, 1.54) is 0 Å². The minimum Gasteiger partial charge on any atom is -0.392 e. The highest BCUT2D eigenvalue weighted by Gasteiger charge is 2.59. The lowest BCUT2D eigenvalue weighted by Gasteiger charge is -2.42. The second-order valence-electron chi connectivity index (χ2n) is 6.74. The molecule has 3 atom stereocenters. The van der Waals surface area contributed by atoms with Crippen molar-refractivity contribution in [2.24, 2.45) is 0 Å². The van der Waals surface area contributed by atoms with Gasteiger partial charge in [0.1, 0.15) is 0 Å². The number of rotatable bonds is 21. The fourth-order valence-corrected chi connectivity index (χ4v) is 17.1. The van der Waals surface area contributed by atoms with Crippen molar-refractivity contribution in [1.82, 2.24) is 0 Å². The van der Waals surface area contributed by atoms with Crippen LogP contribution in [0.2, 0.25) is 12.6 Å². The molecule has 12 heteroatoms. The second-order valence-corrected chi connectivity index (χ2v) is 18.2. The Hall–Kier alpha value is -0.232. The van der Waals surface area contributed by atoms with Gasteiger partial charge in [-0.1, -0.05) is 32.2 Å². The van der Waals surface area contributed by atoms with Crippen LogP contribution in [-0.4, -0.2) is 68.0 Å². The van der Waals surface area contributed by atoms with Crippen LogP contribution in [0.25, 0.3) is 0 Å². The van der Waals surface area contributed by atoms with Gasteiger partial charge in [0.15, 0.2) is 0 Å². The lowest BCUT2D eigenvalue weighted by molar-refractivity contribution is 0.0594. The molecule has 0 bridgehead atoms. The summed E-state index contributed by atoms with van der Waals surface area (Å²) >= 11 is 0. The molecule has 0 amide bonds. The number of hydrogen-bond donors (Lipinski definition) is 0. The first kappa shape index (κ1) is 31.8. The molecule has 0 aromatic heterocycles. The third-order valence-electron chi connectivity index (χ3n) is 4.20. The van der Waals surface area contributed by atoms with Crippen molar-refractivity contribution in [3.8, 4) is 0 Å². The van der Waals surface area contributed by atoms with Crippen molar-refractivity contribution in [2.75, 3.05) is 33.0 Å². The molecule has 3 unspecified atom stereocenters. The zero-order chi connectivity index (χ0) is 24.7. The molecule has 0 rings (SSSR count). The topological polar surface area (TPSA) is 73.8 Å². The second kappa shape index (κ2) is 15.6. The molecule has 0 aromatic rings. The van der Waals surface area contributed by atoms with E-state index in [0.29, 0.717) is 39.1 Å². The van der Waals surface area contributed by atoms with E-state index in [9.17, 15) is 0 Å². The molecule has 0 fully saturated rings. The van der Waals surface area contributed by atoms with E-state index in [4.69, 9.17) is 34.5 Å². The van der Waals surface area contributed by atoms with E-state index in [1.807, 2.05) is 48.1 Å². The minimum absolute atomic E-state index is 0.357.